The number of carbonyl (C=O) groups is 1. The van der Waals surface area contributed by atoms with Gasteiger partial charge in [-0.25, -0.2) is 4.68 Å². The second-order valence-corrected chi connectivity index (χ2v) is 7.08. The summed E-state index contributed by atoms with van der Waals surface area (Å²) in [5.41, 5.74) is 1.92. The molecule has 24 heavy (non-hydrogen) atoms. The van der Waals surface area contributed by atoms with Crippen LogP contribution >= 0.6 is 0 Å². The lowest BCUT2D eigenvalue weighted by Gasteiger charge is -2.31. The first kappa shape index (κ1) is 17.1. The van der Waals surface area contributed by atoms with E-state index in [2.05, 4.69) is 35.1 Å². The van der Waals surface area contributed by atoms with Gasteiger partial charge in [0.05, 0.1) is 12.2 Å². The lowest BCUT2D eigenvalue weighted by atomic mass is 10.0. The molecule has 0 unspecified atom stereocenters. The lowest BCUT2D eigenvalue weighted by molar-refractivity contribution is 0.0718. The van der Waals surface area contributed by atoms with Gasteiger partial charge in [0.25, 0.3) is 5.91 Å². The molecule has 6 heteroatoms. The summed E-state index contributed by atoms with van der Waals surface area (Å²) in [7, 11) is 0. The summed E-state index contributed by atoms with van der Waals surface area (Å²) in [6.45, 7) is 9.19. The van der Waals surface area contributed by atoms with Crippen LogP contribution in [-0.2, 0) is 0 Å². The predicted molar refractivity (Wildman–Crippen MR) is 93.9 cm³/mol. The van der Waals surface area contributed by atoms with E-state index in [1.54, 1.807) is 0 Å². The number of amides is 1. The first-order valence-electron chi connectivity index (χ1n) is 9.22. The molecule has 0 aliphatic carbocycles. The smallest absolute Gasteiger partial charge is 0.276 e. The molecule has 1 aromatic heterocycles. The first-order valence-corrected chi connectivity index (χ1v) is 9.22. The van der Waals surface area contributed by atoms with Crippen molar-refractivity contribution in [2.45, 2.75) is 52.0 Å². The fraction of sp³-hybridized carbons (Fsp3) is 0.722. The number of likely N-dealkylation sites (tertiary alicyclic amines) is 2. The fourth-order valence-corrected chi connectivity index (χ4v) is 3.60. The first-order chi connectivity index (χ1) is 11.7. The quantitative estimate of drug-likeness (QED) is 0.796. The van der Waals surface area contributed by atoms with Crippen LogP contribution in [0.1, 0.15) is 62.5 Å². The SMILES string of the molecule is CC=C(C)CN1CCC(n2cc(C(=O)N3CCCCC3)nn2)CC1. The number of rotatable bonds is 4. The van der Waals surface area contributed by atoms with Gasteiger partial charge in [-0.3, -0.25) is 9.69 Å². The van der Waals surface area contributed by atoms with Crippen molar-refractivity contribution in [1.29, 1.82) is 0 Å². The number of aromatic nitrogens is 3. The van der Waals surface area contributed by atoms with Crippen LogP contribution in [0.5, 0.6) is 0 Å². The van der Waals surface area contributed by atoms with Crippen molar-refractivity contribution in [3.05, 3.63) is 23.5 Å². The van der Waals surface area contributed by atoms with Gasteiger partial charge in [-0.1, -0.05) is 16.9 Å². The van der Waals surface area contributed by atoms with Gasteiger partial charge in [0.1, 0.15) is 0 Å². The highest BCUT2D eigenvalue weighted by atomic mass is 16.2. The fourth-order valence-electron chi connectivity index (χ4n) is 3.60. The minimum Gasteiger partial charge on any atom is -0.337 e. The third-order valence-corrected chi connectivity index (χ3v) is 5.27. The van der Waals surface area contributed by atoms with Gasteiger partial charge >= 0.3 is 0 Å². The number of hydrogen-bond acceptors (Lipinski definition) is 4. The molecule has 0 radical (unpaired) electrons. The maximum absolute atomic E-state index is 12.5. The molecular weight excluding hydrogens is 302 g/mol. The van der Waals surface area contributed by atoms with E-state index in [1.807, 2.05) is 15.8 Å². The van der Waals surface area contributed by atoms with Crippen LogP contribution in [0.4, 0.5) is 0 Å². The minimum absolute atomic E-state index is 0.0436. The van der Waals surface area contributed by atoms with E-state index in [0.717, 1.165) is 58.4 Å². The van der Waals surface area contributed by atoms with Crippen molar-refractivity contribution in [3.63, 3.8) is 0 Å². The standard InChI is InChI=1S/C18H29N5O/c1-3-15(2)13-21-11-7-16(8-12-21)23-14-17(19-20-23)18(24)22-9-5-4-6-10-22/h3,14,16H,4-13H2,1-2H3. The van der Waals surface area contributed by atoms with Crippen LogP contribution in [0, 0.1) is 0 Å². The molecule has 0 N–H and O–H groups in total. The Morgan fingerprint density at radius 3 is 2.58 bits per heavy atom. The molecular formula is C18H29N5O. The Kier molecular flexibility index (Phi) is 5.66. The number of hydrogen-bond donors (Lipinski definition) is 0. The number of nitrogens with zero attached hydrogens (tertiary/aromatic N) is 5. The topological polar surface area (TPSA) is 54.3 Å². The molecule has 0 aromatic carbocycles. The Morgan fingerprint density at radius 1 is 1.21 bits per heavy atom. The Balaban J connectivity index is 1.55. The summed E-state index contributed by atoms with van der Waals surface area (Å²) >= 11 is 0. The third-order valence-electron chi connectivity index (χ3n) is 5.27. The van der Waals surface area contributed by atoms with Crippen molar-refractivity contribution in [1.82, 2.24) is 24.8 Å². The van der Waals surface area contributed by atoms with E-state index in [0.29, 0.717) is 11.7 Å². The third kappa shape index (κ3) is 4.04. The van der Waals surface area contributed by atoms with Crippen molar-refractivity contribution >= 4 is 5.91 Å². The van der Waals surface area contributed by atoms with E-state index in [-0.39, 0.29) is 5.91 Å². The summed E-state index contributed by atoms with van der Waals surface area (Å²) in [4.78, 5) is 16.9. The van der Waals surface area contributed by atoms with Gasteiger partial charge in [0, 0.05) is 32.7 Å². The molecule has 132 valence electrons. The molecule has 3 heterocycles. The Hall–Kier alpha value is -1.69. The second kappa shape index (κ2) is 7.92. The lowest BCUT2D eigenvalue weighted by Crippen LogP contribution is -2.36. The van der Waals surface area contributed by atoms with Gasteiger partial charge in [0.15, 0.2) is 5.69 Å². The summed E-state index contributed by atoms with van der Waals surface area (Å²) in [5, 5.41) is 8.39. The highest BCUT2D eigenvalue weighted by Gasteiger charge is 2.25. The second-order valence-electron chi connectivity index (χ2n) is 7.08. The van der Waals surface area contributed by atoms with Crippen molar-refractivity contribution in [2.24, 2.45) is 0 Å². The number of piperidine rings is 2. The van der Waals surface area contributed by atoms with Crippen LogP contribution in [0.25, 0.3) is 0 Å². The van der Waals surface area contributed by atoms with Crippen LogP contribution in [0.2, 0.25) is 0 Å². The van der Waals surface area contributed by atoms with Gasteiger partial charge in [-0.05, 0) is 46.0 Å². The minimum atomic E-state index is 0.0436. The molecule has 2 aliphatic rings. The molecule has 0 bridgehead atoms. The maximum Gasteiger partial charge on any atom is 0.276 e. The van der Waals surface area contributed by atoms with E-state index >= 15 is 0 Å². The average Bonchev–Trinajstić information content (AvgIpc) is 3.12. The van der Waals surface area contributed by atoms with E-state index < -0.39 is 0 Å². The highest BCUT2D eigenvalue weighted by Crippen LogP contribution is 2.22. The van der Waals surface area contributed by atoms with Crippen LogP contribution < -0.4 is 0 Å². The Bertz CT molecular complexity index is 580. The highest BCUT2D eigenvalue weighted by molar-refractivity contribution is 5.91. The molecule has 3 rings (SSSR count). The molecule has 1 amide bonds. The van der Waals surface area contributed by atoms with Gasteiger partial charge in [-0.2, -0.15) is 0 Å². The monoisotopic (exact) mass is 331 g/mol. The largest absolute Gasteiger partial charge is 0.337 e. The Morgan fingerprint density at radius 2 is 1.92 bits per heavy atom. The zero-order chi connectivity index (χ0) is 16.9. The average molecular weight is 331 g/mol. The van der Waals surface area contributed by atoms with Crippen molar-refractivity contribution in [3.8, 4) is 0 Å². The van der Waals surface area contributed by atoms with E-state index in [1.165, 1.54) is 12.0 Å². The molecule has 0 saturated carbocycles. The summed E-state index contributed by atoms with van der Waals surface area (Å²) in [5.74, 6) is 0.0436. The van der Waals surface area contributed by atoms with Crippen LogP contribution in [0.3, 0.4) is 0 Å². The van der Waals surface area contributed by atoms with Crippen LogP contribution in [-0.4, -0.2) is 63.4 Å². The summed E-state index contributed by atoms with van der Waals surface area (Å²) in [6, 6.07) is 0.363. The molecule has 0 spiro atoms. The summed E-state index contributed by atoms with van der Waals surface area (Å²) < 4.78 is 1.91. The molecule has 6 nitrogen and oxygen atoms in total. The van der Waals surface area contributed by atoms with Crippen LogP contribution in [0.15, 0.2) is 17.8 Å². The molecule has 2 aliphatic heterocycles. The van der Waals surface area contributed by atoms with Gasteiger partial charge in [-0.15, -0.1) is 5.10 Å². The number of carbonyl (C=O) groups excluding carboxylic acids is 1. The molecule has 0 atom stereocenters. The zero-order valence-corrected chi connectivity index (χ0v) is 14.9. The van der Waals surface area contributed by atoms with Crippen molar-refractivity contribution in [2.75, 3.05) is 32.7 Å². The molecule has 2 fully saturated rings. The zero-order valence-electron chi connectivity index (χ0n) is 14.9. The molecule has 2 saturated heterocycles. The van der Waals surface area contributed by atoms with Crippen molar-refractivity contribution < 1.29 is 4.79 Å². The van der Waals surface area contributed by atoms with Gasteiger partial charge < -0.3 is 4.90 Å². The summed E-state index contributed by atoms with van der Waals surface area (Å²) in [6.07, 6.45) is 9.60. The maximum atomic E-state index is 12.5. The van der Waals surface area contributed by atoms with E-state index in [4.69, 9.17) is 0 Å². The van der Waals surface area contributed by atoms with E-state index in [9.17, 15) is 4.79 Å². The predicted octanol–water partition coefficient (Wildman–Crippen LogP) is 2.51. The normalized spacial score (nSPS) is 21.2. The van der Waals surface area contributed by atoms with Gasteiger partial charge in [0.2, 0.25) is 0 Å². The molecule has 1 aromatic rings. The Labute approximate surface area is 144 Å². The number of allylic oxidation sites excluding steroid dienone is 1.